The smallest absolute Gasteiger partial charge is 0.251 e. The highest BCUT2D eigenvalue weighted by Crippen LogP contribution is 2.37. The third-order valence-corrected chi connectivity index (χ3v) is 4.54. The number of rotatable bonds is 4. The molecule has 2 heterocycles. The Balaban J connectivity index is 1.82. The fourth-order valence-electron chi connectivity index (χ4n) is 3.10. The normalized spacial score (nSPS) is 14.1. The van der Waals surface area contributed by atoms with Crippen LogP contribution in [0.1, 0.15) is 50.0 Å². The highest BCUT2D eigenvalue weighted by atomic mass is 19.1. The van der Waals surface area contributed by atoms with Crippen molar-refractivity contribution in [3.8, 4) is 22.6 Å². The van der Waals surface area contributed by atoms with Gasteiger partial charge in [0.15, 0.2) is 0 Å². The maximum Gasteiger partial charge on any atom is 0.251 e. The van der Waals surface area contributed by atoms with Crippen LogP contribution in [-0.2, 0) is 0 Å². The Labute approximate surface area is 163 Å². The molecule has 1 aliphatic rings. The van der Waals surface area contributed by atoms with Crippen LogP contribution in [0.15, 0.2) is 48.7 Å². The van der Waals surface area contributed by atoms with Crippen molar-refractivity contribution in [3.63, 3.8) is 0 Å². The van der Waals surface area contributed by atoms with Gasteiger partial charge in [-0.2, -0.15) is 5.10 Å². The summed E-state index contributed by atoms with van der Waals surface area (Å²) < 4.78 is 15.3. The lowest BCUT2D eigenvalue weighted by Crippen LogP contribution is -2.40. The SMILES string of the molecule is CC(C)(C)NC(=O)c1cc(-c2ccc(F)cc2)nc(-c2ccnn2C2CC2)c1. The van der Waals surface area contributed by atoms with Gasteiger partial charge in [0.25, 0.3) is 5.91 Å². The zero-order valence-corrected chi connectivity index (χ0v) is 16.2. The maximum atomic E-state index is 13.4. The fourth-order valence-corrected chi connectivity index (χ4v) is 3.10. The van der Waals surface area contributed by atoms with E-state index < -0.39 is 0 Å². The van der Waals surface area contributed by atoms with Gasteiger partial charge >= 0.3 is 0 Å². The van der Waals surface area contributed by atoms with E-state index in [2.05, 4.69) is 10.4 Å². The average Bonchev–Trinajstić information content (AvgIpc) is 3.37. The zero-order valence-electron chi connectivity index (χ0n) is 16.2. The molecule has 0 unspecified atom stereocenters. The topological polar surface area (TPSA) is 59.8 Å². The Hall–Kier alpha value is -3.02. The van der Waals surface area contributed by atoms with E-state index in [4.69, 9.17) is 4.98 Å². The molecule has 144 valence electrons. The molecular weight excluding hydrogens is 355 g/mol. The van der Waals surface area contributed by atoms with Gasteiger partial charge in [0.05, 0.1) is 23.1 Å². The van der Waals surface area contributed by atoms with Gasteiger partial charge in [0.2, 0.25) is 0 Å². The number of carbonyl (C=O) groups is 1. The molecule has 6 heteroatoms. The van der Waals surface area contributed by atoms with E-state index in [1.54, 1.807) is 30.5 Å². The molecule has 2 aromatic heterocycles. The van der Waals surface area contributed by atoms with Gasteiger partial charge in [-0.3, -0.25) is 9.48 Å². The zero-order chi connectivity index (χ0) is 19.9. The Bertz CT molecular complexity index is 1010. The summed E-state index contributed by atoms with van der Waals surface area (Å²) >= 11 is 0. The van der Waals surface area contributed by atoms with Crippen molar-refractivity contribution in [3.05, 3.63) is 60.0 Å². The van der Waals surface area contributed by atoms with Crippen LogP contribution >= 0.6 is 0 Å². The number of hydrogen-bond donors (Lipinski definition) is 1. The Morgan fingerprint density at radius 2 is 1.79 bits per heavy atom. The summed E-state index contributed by atoms with van der Waals surface area (Å²) in [5.41, 5.74) is 3.11. The van der Waals surface area contributed by atoms with Gasteiger partial charge in [-0.25, -0.2) is 9.37 Å². The van der Waals surface area contributed by atoms with Crippen LogP contribution < -0.4 is 5.32 Å². The Morgan fingerprint density at radius 3 is 2.43 bits per heavy atom. The standard InChI is InChI=1S/C22H23FN4O/c1-22(2,3)26-21(28)15-12-18(14-4-6-16(23)7-5-14)25-19(13-15)20-10-11-24-27(20)17-8-9-17/h4-7,10-13,17H,8-9H2,1-3H3,(H,26,28). The van der Waals surface area contributed by atoms with E-state index in [1.807, 2.05) is 31.5 Å². The second-order valence-electron chi connectivity index (χ2n) is 8.23. The van der Waals surface area contributed by atoms with Gasteiger partial charge in [0.1, 0.15) is 5.82 Å². The predicted octanol–water partition coefficient (Wildman–Crippen LogP) is 4.61. The minimum Gasteiger partial charge on any atom is -0.347 e. The lowest BCUT2D eigenvalue weighted by atomic mass is 10.0. The molecule has 0 saturated heterocycles. The van der Waals surface area contributed by atoms with Crippen molar-refractivity contribution >= 4 is 5.91 Å². The molecule has 1 saturated carbocycles. The maximum absolute atomic E-state index is 13.4. The lowest BCUT2D eigenvalue weighted by Gasteiger charge is -2.21. The molecule has 1 amide bonds. The van der Waals surface area contributed by atoms with E-state index in [0.717, 1.165) is 24.1 Å². The minimum atomic E-state index is -0.355. The number of nitrogens with one attached hydrogen (secondary N) is 1. The van der Waals surface area contributed by atoms with E-state index >= 15 is 0 Å². The summed E-state index contributed by atoms with van der Waals surface area (Å²) in [5, 5.41) is 7.43. The van der Waals surface area contributed by atoms with Crippen molar-refractivity contribution in [2.75, 3.05) is 0 Å². The molecule has 0 atom stereocenters. The largest absolute Gasteiger partial charge is 0.347 e. The first-order valence-corrected chi connectivity index (χ1v) is 9.44. The van der Waals surface area contributed by atoms with Crippen molar-refractivity contribution in [1.82, 2.24) is 20.1 Å². The molecule has 3 aromatic rings. The number of halogens is 1. The average molecular weight is 378 g/mol. The first kappa shape index (κ1) is 18.3. The van der Waals surface area contributed by atoms with Crippen LogP contribution in [0, 0.1) is 5.82 Å². The van der Waals surface area contributed by atoms with E-state index in [-0.39, 0.29) is 17.3 Å². The molecule has 0 radical (unpaired) electrons. The van der Waals surface area contributed by atoms with Gasteiger partial charge in [0, 0.05) is 22.9 Å². The molecule has 1 aromatic carbocycles. The van der Waals surface area contributed by atoms with Crippen molar-refractivity contribution < 1.29 is 9.18 Å². The molecule has 0 bridgehead atoms. The first-order valence-electron chi connectivity index (χ1n) is 9.44. The molecule has 28 heavy (non-hydrogen) atoms. The van der Waals surface area contributed by atoms with Gasteiger partial charge in [-0.15, -0.1) is 0 Å². The summed E-state index contributed by atoms with van der Waals surface area (Å²) in [4.78, 5) is 17.6. The molecule has 0 aliphatic heterocycles. The highest BCUT2D eigenvalue weighted by Gasteiger charge is 2.27. The fraction of sp³-hybridized carbons (Fsp3) is 0.318. The van der Waals surface area contributed by atoms with Crippen LogP contribution in [0.3, 0.4) is 0 Å². The number of nitrogens with zero attached hydrogens (tertiary/aromatic N) is 3. The Morgan fingerprint density at radius 1 is 1.11 bits per heavy atom. The molecule has 4 rings (SSSR count). The number of benzene rings is 1. The minimum absolute atomic E-state index is 0.169. The van der Waals surface area contributed by atoms with Crippen LogP contribution in [0.25, 0.3) is 22.6 Å². The van der Waals surface area contributed by atoms with Crippen molar-refractivity contribution in [2.24, 2.45) is 0 Å². The van der Waals surface area contributed by atoms with Crippen molar-refractivity contribution in [2.45, 2.75) is 45.2 Å². The summed E-state index contributed by atoms with van der Waals surface area (Å²) in [6, 6.07) is 12.0. The molecular formula is C22H23FN4O. The van der Waals surface area contributed by atoms with Crippen LogP contribution in [0.4, 0.5) is 4.39 Å². The third-order valence-electron chi connectivity index (χ3n) is 4.54. The molecule has 0 spiro atoms. The second-order valence-corrected chi connectivity index (χ2v) is 8.23. The number of pyridine rings is 1. The van der Waals surface area contributed by atoms with Crippen molar-refractivity contribution in [1.29, 1.82) is 0 Å². The van der Waals surface area contributed by atoms with E-state index in [1.165, 1.54) is 12.1 Å². The van der Waals surface area contributed by atoms with E-state index in [0.29, 0.717) is 23.0 Å². The third kappa shape index (κ3) is 3.96. The molecule has 1 fully saturated rings. The van der Waals surface area contributed by atoms with Gasteiger partial charge < -0.3 is 5.32 Å². The van der Waals surface area contributed by atoms with Crippen LogP contribution in [-0.4, -0.2) is 26.2 Å². The molecule has 5 nitrogen and oxygen atoms in total. The summed E-state index contributed by atoms with van der Waals surface area (Å²) in [6.45, 7) is 5.82. The number of carbonyl (C=O) groups excluding carboxylic acids is 1. The monoisotopic (exact) mass is 378 g/mol. The predicted molar refractivity (Wildman–Crippen MR) is 106 cm³/mol. The van der Waals surface area contributed by atoms with Crippen LogP contribution in [0.5, 0.6) is 0 Å². The van der Waals surface area contributed by atoms with Gasteiger partial charge in [-0.05, 0) is 76.1 Å². The lowest BCUT2D eigenvalue weighted by molar-refractivity contribution is 0.0919. The molecule has 1 aliphatic carbocycles. The van der Waals surface area contributed by atoms with Gasteiger partial charge in [-0.1, -0.05) is 0 Å². The number of amides is 1. The van der Waals surface area contributed by atoms with E-state index in [9.17, 15) is 9.18 Å². The molecule has 1 N–H and O–H groups in total. The highest BCUT2D eigenvalue weighted by molar-refractivity contribution is 5.96. The van der Waals surface area contributed by atoms with Crippen LogP contribution in [0.2, 0.25) is 0 Å². The number of hydrogen-bond acceptors (Lipinski definition) is 3. The second kappa shape index (κ2) is 6.86. The quantitative estimate of drug-likeness (QED) is 0.721. The number of aromatic nitrogens is 3. The summed E-state index contributed by atoms with van der Waals surface area (Å²) in [7, 11) is 0. The summed E-state index contributed by atoms with van der Waals surface area (Å²) in [5.74, 6) is -0.477. The Kier molecular flexibility index (Phi) is 4.49. The first-order chi connectivity index (χ1) is 13.3. The summed E-state index contributed by atoms with van der Waals surface area (Å²) in [6.07, 6.45) is 3.96.